The van der Waals surface area contributed by atoms with E-state index in [1.54, 1.807) is 18.2 Å². The van der Waals surface area contributed by atoms with E-state index in [4.69, 9.17) is 19.5 Å². The second kappa shape index (κ2) is 4.20. The number of amides is 1. The van der Waals surface area contributed by atoms with E-state index >= 15 is 0 Å². The first-order chi connectivity index (χ1) is 8.78. The van der Waals surface area contributed by atoms with Crippen molar-refractivity contribution < 1.29 is 19.0 Å². The zero-order chi connectivity index (χ0) is 12.5. The van der Waals surface area contributed by atoms with Gasteiger partial charge < -0.3 is 19.1 Å². The van der Waals surface area contributed by atoms with E-state index in [1.165, 1.54) is 4.90 Å². The molecule has 92 valence electrons. The lowest BCUT2D eigenvalue weighted by molar-refractivity contribution is -0.127. The van der Waals surface area contributed by atoms with Crippen LogP contribution in [0.1, 0.15) is 0 Å². The Morgan fingerprint density at radius 3 is 3.00 bits per heavy atom. The van der Waals surface area contributed by atoms with Gasteiger partial charge in [-0.1, -0.05) is 0 Å². The highest BCUT2D eigenvalue weighted by Gasteiger charge is 2.28. The number of benzene rings is 1. The van der Waals surface area contributed by atoms with Crippen molar-refractivity contribution in [1.29, 1.82) is 5.26 Å². The van der Waals surface area contributed by atoms with Gasteiger partial charge in [-0.3, -0.25) is 4.79 Å². The number of hydrogen-bond acceptors (Lipinski definition) is 5. The number of carbonyl (C=O) groups excluding carboxylic acids is 1. The first kappa shape index (κ1) is 10.9. The highest BCUT2D eigenvalue weighted by atomic mass is 16.7. The summed E-state index contributed by atoms with van der Waals surface area (Å²) in [5.74, 6) is 1.11. The number of anilines is 1. The average molecular weight is 246 g/mol. The quantitative estimate of drug-likeness (QED) is 0.728. The normalized spacial score (nSPS) is 21.8. The lowest BCUT2D eigenvalue weighted by Gasteiger charge is -2.29. The molecule has 2 aliphatic heterocycles. The topological polar surface area (TPSA) is 71.8 Å². The maximum absolute atomic E-state index is 11.8. The van der Waals surface area contributed by atoms with Gasteiger partial charge in [0, 0.05) is 11.8 Å². The Labute approximate surface area is 103 Å². The molecule has 6 nitrogen and oxygen atoms in total. The molecular weight excluding hydrogens is 236 g/mol. The van der Waals surface area contributed by atoms with Crippen LogP contribution in [0.25, 0.3) is 0 Å². The summed E-state index contributed by atoms with van der Waals surface area (Å²) in [6.07, 6.45) is -0.590. The van der Waals surface area contributed by atoms with Crippen LogP contribution in [-0.4, -0.2) is 32.0 Å². The van der Waals surface area contributed by atoms with Crippen LogP contribution in [0, 0.1) is 11.3 Å². The standard InChI is InChI=1S/C12H10N2O4/c13-4-9-5-14(12(15)6-16-9)8-1-2-10-11(3-8)18-7-17-10/h1-3,9H,5-7H2. The highest BCUT2D eigenvalue weighted by Crippen LogP contribution is 2.35. The fraction of sp³-hybridized carbons (Fsp3) is 0.333. The number of nitriles is 1. The molecule has 0 bridgehead atoms. The molecule has 1 amide bonds. The molecule has 1 saturated heterocycles. The Morgan fingerprint density at radius 2 is 2.17 bits per heavy atom. The Hall–Kier alpha value is -2.26. The van der Waals surface area contributed by atoms with Gasteiger partial charge in [-0.05, 0) is 12.1 Å². The first-order valence-electron chi connectivity index (χ1n) is 5.49. The van der Waals surface area contributed by atoms with Crippen molar-refractivity contribution in [3.8, 4) is 17.6 Å². The Morgan fingerprint density at radius 1 is 1.33 bits per heavy atom. The molecule has 6 heteroatoms. The van der Waals surface area contributed by atoms with Gasteiger partial charge in [0.25, 0.3) is 5.91 Å². The second-order valence-corrected chi connectivity index (χ2v) is 3.97. The molecule has 2 heterocycles. The van der Waals surface area contributed by atoms with Crippen LogP contribution in [-0.2, 0) is 9.53 Å². The lowest BCUT2D eigenvalue weighted by Crippen LogP contribution is -2.46. The summed E-state index contributed by atoms with van der Waals surface area (Å²) in [5.41, 5.74) is 0.688. The molecule has 1 aromatic carbocycles. The molecule has 18 heavy (non-hydrogen) atoms. The van der Waals surface area contributed by atoms with Gasteiger partial charge in [-0.2, -0.15) is 5.26 Å². The van der Waals surface area contributed by atoms with Crippen molar-refractivity contribution in [2.24, 2.45) is 0 Å². The van der Waals surface area contributed by atoms with Crippen molar-refractivity contribution in [1.82, 2.24) is 0 Å². The van der Waals surface area contributed by atoms with Crippen LogP contribution in [0.15, 0.2) is 18.2 Å². The molecule has 0 N–H and O–H groups in total. The summed E-state index contributed by atoms with van der Waals surface area (Å²) in [6.45, 7) is 0.346. The third-order valence-corrected chi connectivity index (χ3v) is 2.87. The lowest BCUT2D eigenvalue weighted by atomic mass is 10.2. The monoisotopic (exact) mass is 246 g/mol. The van der Waals surface area contributed by atoms with Crippen LogP contribution in [0.5, 0.6) is 11.5 Å². The van der Waals surface area contributed by atoms with E-state index in [9.17, 15) is 4.79 Å². The Kier molecular flexibility index (Phi) is 2.54. The smallest absolute Gasteiger partial charge is 0.253 e. The number of hydrogen-bond donors (Lipinski definition) is 0. The summed E-state index contributed by atoms with van der Waals surface area (Å²) in [7, 11) is 0. The Bertz CT molecular complexity index is 537. The zero-order valence-corrected chi connectivity index (χ0v) is 9.46. The minimum absolute atomic E-state index is 0.0767. The third kappa shape index (κ3) is 1.75. The van der Waals surface area contributed by atoms with E-state index < -0.39 is 6.10 Å². The van der Waals surface area contributed by atoms with Gasteiger partial charge in [-0.15, -0.1) is 0 Å². The molecule has 0 radical (unpaired) electrons. The number of nitrogens with zero attached hydrogens (tertiary/aromatic N) is 2. The summed E-state index contributed by atoms with van der Waals surface area (Å²) < 4.78 is 15.5. The van der Waals surface area contributed by atoms with E-state index in [0.29, 0.717) is 17.2 Å². The molecule has 0 aromatic heterocycles. The Balaban J connectivity index is 1.89. The average Bonchev–Trinajstić information content (AvgIpc) is 2.86. The van der Waals surface area contributed by atoms with Gasteiger partial charge in [0.1, 0.15) is 6.61 Å². The molecule has 1 atom stereocenters. The SMILES string of the molecule is N#CC1CN(c2ccc3c(c2)OCO3)C(=O)CO1. The number of carbonyl (C=O) groups is 1. The number of ether oxygens (including phenoxy) is 3. The minimum atomic E-state index is -0.590. The predicted octanol–water partition coefficient (Wildman–Crippen LogP) is 0.671. The molecule has 2 aliphatic rings. The van der Waals surface area contributed by atoms with Crippen molar-refractivity contribution in [2.45, 2.75) is 6.10 Å². The highest BCUT2D eigenvalue weighted by molar-refractivity contribution is 5.95. The van der Waals surface area contributed by atoms with Crippen LogP contribution >= 0.6 is 0 Å². The fourth-order valence-corrected chi connectivity index (χ4v) is 1.95. The fourth-order valence-electron chi connectivity index (χ4n) is 1.95. The summed E-state index contributed by atoms with van der Waals surface area (Å²) in [5, 5.41) is 8.84. The van der Waals surface area contributed by atoms with Crippen LogP contribution in [0.3, 0.4) is 0 Å². The molecule has 0 spiro atoms. The molecule has 0 saturated carbocycles. The zero-order valence-electron chi connectivity index (χ0n) is 9.46. The van der Waals surface area contributed by atoms with Crippen LogP contribution in [0.2, 0.25) is 0 Å². The number of fused-ring (bicyclic) bond motifs is 1. The van der Waals surface area contributed by atoms with Crippen molar-refractivity contribution >= 4 is 11.6 Å². The van der Waals surface area contributed by atoms with Crippen LogP contribution < -0.4 is 14.4 Å². The molecule has 0 aliphatic carbocycles. The van der Waals surface area contributed by atoms with E-state index in [1.807, 2.05) is 6.07 Å². The molecule has 1 fully saturated rings. The van der Waals surface area contributed by atoms with Gasteiger partial charge in [0.2, 0.25) is 6.79 Å². The van der Waals surface area contributed by atoms with E-state index in [0.717, 1.165) is 0 Å². The van der Waals surface area contributed by atoms with Crippen molar-refractivity contribution in [2.75, 3.05) is 24.8 Å². The molecular formula is C12H10N2O4. The van der Waals surface area contributed by atoms with E-state index in [-0.39, 0.29) is 25.9 Å². The molecule has 1 aromatic rings. The minimum Gasteiger partial charge on any atom is -0.454 e. The van der Waals surface area contributed by atoms with Crippen molar-refractivity contribution in [3.63, 3.8) is 0 Å². The number of morpholine rings is 1. The summed E-state index contributed by atoms with van der Waals surface area (Å²) >= 11 is 0. The maximum Gasteiger partial charge on any atom is 0.253 e. The maximum atomic E-state index is 11.8. The second-order valence-electron chi connectivity index (χ2n) is 3.97. The van der Waals surface area contributed by atoms with E-state index in [2.05, 4.69) is 0 Å². The van der Waals surface area contributed by atoms with Gasteiger partial charge in [-0.25, -0.2) is 0 Å². The third-order valence-electron chi connectivity index (χ3n) is 2.87. The molecule has 1 unspecified atom stereocenters. The first-order valence-corrected chi connectivity index (χ1v) is 5.49. The van der Waals surface area contributed by atoms with Crippen LogP contribution in [0.4, 0.5) is 5.69 Å². The summed E-state index contributed by atoms with van der Waals surface area (Å²) in [4.78, 5) is 13.3. The van der Waals surface area contributed by atoms with Gasteiger partial charge in [0.15, 0.2) is 17.6 Å². The summed E-state index contributed by atoms with van der Waals surface area (Å²) in [6, 6.07) is 7.26. The number of rotatable bonds is 1. The largest absolute Gasteiger partial charge is 0.454 e. The van der Waals surface area contributed by atoms with Gasteiger partial charge in [0.05, 0.1) is 12.6 Å². The molecule has 3 rings (SSSR count). The predicted molar refractivity (Wildman–Crippen MR) is 60.3 cm³/mol. The van der Waals surface area contributed by atoms with Gasteiger partial charge >= 0.3 is 0 Å². The van der Waals surface area contributed by atoms with Crippen molar-refractivity contribution in [3.05, 3.63) is 18.2 Å².